The quantitative estimate of drug-likeness (QED) is 0.0344. The zero-order valence-electron chi connectivity index (χ0n) is 43.9. The number of unbranched alkanes of at least 4 members (excludes halogenated alkanes) is 36. The fraction of sp³-hybridized carbons (Fsp3) is 0.948. The van der Waals surface area contributed by atoms with Crippen LogP contribution in [0.4, 0.5) is 0 Å². The normalized spacial score (nSPS) is 12.5. The largest absolute Gasteiger partial charge is 0.462 e. The van der Waals surface area contributed by atoms with Gasteiger partial charge in [-0.25, -0.2) is 0 Å². The monoisotopic (exact) mass is 905 g/mol. The van der Waals surface area contributed by atoms with Gasteiger partial charge in [0.1, 0.15) is 13.2 Å². The molecule has 0 aliphatic heterocycles. The molecule has 6 heteroatoms. The molecular formula is C58H112O6. The van der Waals surface area contributed by atoms with E-state index in [1.54, 1.807) is 0 Å². The van der Waals surface area contributed by atoms with Crippen molar-refractivity contribution >= 4 is 17.9 Å². The van der Waals surface area contributed by atoms with Gasteiger partial charge in [-0.2, -0.15) is 0 Å². The molecule has 0 amide bonds. The van der Waals surface area contributed by atoms with Crippen molar-refractivity contribution in [3.8, 4) is 0 Å². The number of rotatable bonds is 52. The van der Waals surface area contributed by atoms with Crippen LogP contribution in [0.3, 0.4) is 0 Å². The maximum absolute atomic E-state index is 12.9. The van der Waals surface area contributed by atoms with Crippen molar-refractivity contribution in [2.75, 3.05) is 13.2 Å². The average Bonchev–Trinajstić information content (AvgIpc) is 3.28. The summed E-state index contributed by atoms with van der Waals surface area (Å²) in [5.74, 6) is 0.889. The summed E-state index contributed by atoms with van der Waals surface area (Å²) in [6, 6.07) is 0. The van der Waals surface area contributed by atoms with Gasteiger partial charge in [-0.05, 0) is 31.1 Å². The van der Waals surface area contributed by atoms with E-state index in [0.29, 0.717) is 19.3 Å². The lowest BCUT2D eigenvalue weighted by molar-refractivity contribution is -0.167. The van der Waals surface area contributed by atoms with Crippen molar-refractivity contribution in [3.63, 3.8) is 0 Å². The molecule has 0 N–H and O–H groups in total. The van der Waals surface area contributed by atoms with Crippen LogP contribution in [0.5, 0.6) is 0 Å². The molecule has 0 aromatic rings. The van der Waals surface area contributed by atoms with Gasteiger partial charge in [0.05, 0.1) is 0 Å². The molecule has 64 heavy (non-hydrogen) atoms. The van der Waals surface area contributed by atoms with Gasteiger partial charge >= 0.3 is 17.9 Å². The molecule has 0 aliphatic carbocycles. The number of carbonyl (C=O) groups is 3. The smallest absolute Gasteiger partial charge is 0.306 e. The van der Waals surface area contributed by atoms with Gasteiger partial charge in [0.2, 0.25) is 0 Å². The van der Waals surface area contributed by atoms with Gasteiger partial charge in [-0.3, -0.25) is 14.4 Å². The van der Waals surface area contributed by atoms with Gasteiger partial charge in [0.25, 0.3) is 0 Å². The van der Waals surface area contributed by atoms with E-state index in [4.69, 9.17) is 14.2 Å². The van der Waals surface area contributed by atoms with Crippen LogP contribution in [0.1, 0.15) is 324 Å². The number of ether oxygens (including phenoxy) is 3. The van der Waals surface area contributed by atoms with Crippen LogP contribution in [-0.2, 0) is 28.6 Å². The Kier molecular flexibility index (Phi) is 49.6. The molecule has 6 nitrogen and oxygen atoms in total. The Morgan fingerprint density at radius 3 is 0.891 bits per heavy atom. The highest BCUT2D eigenvalue weighted by molar-refractivity contribution is 5.71. The first-order valence-corrected chi connectivity index (χ1v) is 28.8. The Labute approximate surface area is 399 Å². The lowest BCUT2D eigenvalue weighted by atomic mass is 9.99. The van der Waals surface area contributed by atoms with E-state index >= 15 is 0 Å². The molecule has 0 fully saturated rings. The predicted molar refractivity (Wildman–Crippen MR) is 275 cm³/mol. The zero-order chi connectivity index (χ0) is 46.8. The lowest BCUT2D eigenvalue weighted by Crippen LogP contribution is -2.30. The molecule has 0 bridgehead atoms. The van der Waals surface area contributed by atoms with E-state index in [2.05, 4.69) is 34.6 Å². The summed E-state index contributed by atoms with van der Waals surface area (Å²) in [5.41, 5.74) is 0. The molecule has 0 heterocycles. The Balaban J connectivity index is 4.30. The van der Waals surface area contributed by atoms with E-state index in [1.165, 1.54) is 212 Å². The second-order valence-corrected chi connectivity index (χ2v) is 20.6. The molecule has 380 valence electrons. The highest BCUT2D eigenvalue weighted by Gasteiger charge is 2.19. The summed E-state index contributed by atoms with van der Waals surface area (Å²) >= 11 is 0. The van der Waals surface area contributed by atoms with Gasteiger partial charge < -0.3 is 14.2 Å². The minimum atomic E-state index is -0.762. The lowest BCUT2D eigenvalue weighted by Gasteiger charge is -2.18. The zero-order valence-corrected chi connectivity index (χ0v) is 43.9. The van der Waals surface area contributed by atoms with Crippen molar-refractivity contribution in [1.29, 1.82) is 0 Å². The molecule has 1 unspecified atom stereocenters. The summed E-state index contributed by atoms with van der Waals surface area (Å²) in [6.07, 6.45) is 53.7. The molecule has 2 atom stereocenters. The van der Waals surface area contributed by atoms with Crippen LogP contribution >= 0.6 is 0 Å². The van der Waals surface area contributed by atoms with E-state index < -0.39 is 6.10 Å². The van der Waals surface area contributed by atoms with Crippen LogP contribution in [-0.4, -0.2) is 37.2 Å². The number of hydrogen-bond acceptors (Lipinski definition) is 6. The second kappa shape index (κ2) is 50.8. The van der Waals surface area contributed by atoms with Crippen LogP contribution in [0.2, 0.25) is 0 Å². The third-order valence-corrected chi connectivity index (χ3v) is 13.6. The van der Waals surface area contributed by atoms with Crippen molar-refractivity contribution in [2.45, 2.75) is 330 Å². The predicted octanol–water partition coefficient (Wildman–Crippen LogP) is 18.9. The maximum atomic E-state index is 12.9. The van der Waals surface area contributed by atoms with E-state index in [-0.39, 0.29) is 31.1 Å². The Hall–Kier alpha value is -1.59. The molecule has 0 saturated heterocycles. The minimum absolute atomic E-state index is 0.0627. The Morgan fingerprint density at radius 1 is 0.328 bits per heavy atom. The Bertz CT molecular complexity index is 980. The van der Waals surface area contributed by atoms with E-state index in [0.717, 1.165) is 69.6 Å². The fourth-order valence-corrected chi connectivity index (χ4v) is 8.84. The first kappa shape index (κ1) is 62.4. The number of carbonyl (C=O) groups excluding carboxylic acids is 3. The van der Waals surface area contributed by atoms with Crippen molar-refractivity contribution in [1.82, 2.24) is 0 Å². The van der Waals surface area contributed by atoms with E-state index in [9.17, 15) is 14.4 Å². The maximum Gasteiger partial charge on any atom is 0.306 e. The van der Waals surface area contributed by atoms with Crippen LogP contribution < -0.4 is 0 Å². The number of hydrogen-bond donors (Lipinski definition) is 0. The van der Waals surface area contributed by atoms with Crippen molar-refractivity contribution < 1.29 is 28.6 Å². The fourth-order valence-electron chi connectivity index (χ4n) is 8.84. The molecule has 0 radical (unpaired) electrons. The summed E-state index contributed by atoms with van der Waals surface area (Å²) in [6.45, 7) is 11.4. The van der Waals surface area contributed by atoms with E-state index in [1.807, 2.05) is 0 Å². The summed E-state index contributed by atoms with van der Waals surface area (Å²) in [4.78, 5) is 38.1. The van der Waals surface area contributed by atoms with Gasteiger partial charge in [0, 0.05) is 19.3 Å². The molecule has 0 aliphatic rings. The second-order valence-electron chi connectivity index (χ2n) is 20.6. The third-order valence-electron chi connectivity index (χ3n) is 13.6. The minimum Gasteiger partial charge on any atom is -0.462 e. The highest BCUT2D eigenvalue weighted by atomic mass is 16.6. The third kappa shape index (κ3) is 49.8. The number of esters is 3. The summed E-state index contributed by atoms with van der Waals surface area (Å²) in [7, 11) is 0. The van der Waals surface area contributed by atoms with Crippen molar-refractivity contribution in [2.24, 2.45) is 11.8 Å². The SMILES string of the molecule is CCCCCCCCCCCCCCCC(=O)OC[C@@H](COC(=O)CCCCCCCCCCCCCCC(C)C)OC(=O)CCCCCCCCCCCCCCCCC(C)CC. The highest BCUT2D eigenvalue weighted by Crippen LogP contribution is 2.18. The molecule has 0 spiro atoms. The summed E-state index contributed by atoms with van der Waals surface area (Å²) in [5, 5.41) is 0. The molecule has 0 saturated carbocycles. The average molecular weight is 906 g/mol. The van der Waals surface area contributed by atoms with Crippen LogP contribution in [0.15, 0.2) is 0 Å². The first-order chi connectivity index (χ1) is 31.3. The van der Waals surface area contributed by atoms with Crippen LogP contribution in [0.25, 0.3) is 0 Å². The van der Waals surface area contributed by atoms with Crippen LogP contribution in [0, 0.1) is 11.8 Å². The molecule has 0 aromatic carbocycles. The molecule has 0 aromatic heterocycles. The Morgan fingerprint density at radius 2 is 0.594 bits per heavy atom. The standard InChI is InChI=1S/C58H112O6/c1-6-8-9-10-11-12-13-16-23-28-33-38-43-48-56(59)62-51-55(52-63-57(60)49-44-39-34-29-24-20-19-21-26-31-36-41-46-53(3)4)64-58(61)50-45-40-35-30-25-18-15-14-17-22-27-32-37-42-47-54(5)7-2/h53-55H,6-52H2,1-5H3/t54?,55-/m0/s1. The van der Waals surface area contributed by atoms with Gasteiger partial charge in [-0.15, -0.1) is 0 Å². The van der Waals surface area contributed by atoms with Gasteiger partial charge in [0.15, 0.2) is 6.10 Å². The topological polar surface area (TPSA) is 78.9 Å². The molecule has 0 rings (SSSR count). The molecular weight excluding hydrogens is 793 g/mol. The first-order valence-electron chi connectivity index (χ1n) is 28.8. The summed E-state index contributed by atoms with van der Waals surface area (Å²) < 4.78 is 16.9. The van der Waals surface area contributed by atoms with Gasteiger partial charge in [-0.1, -0.05) is 285 Å². The van der Waals surface area contributed by atoms with Crippen molar-refractivity contribution in [3.05, 3.63) is 0 Å².